The van der Waals surface area contributed by atoms with Gasteiger partial charge in [0.1, 0.15) is 0 Å². The lowest BCUT2D eigenvalue weighted by Gasteiger charge is -2.21. The molecule has 1 saturated carbocycles. The zero-order valence-electron chi connectivity index (χ0n) is 10.1. The third-order valence-electron chi connectivity index (χ3n) is 3.13. The lowest BCUT2D eigenvalue weighted by molar-refractivity contribution is 0.0644. The maximum atomic E-state index is 12.2. The Hall–Kier alpha value is -0.580. The summed E-state index contributed by atoms with van der Waals surface area (Å²) in [6.07, 6.45) is 1.70. The van der Waals surface area contributed by atoms with Crippen LogP contribution in [0.5, 0.6) is 0 Å². The van der Waals surface area contributed by atoms with Crippen LogP contribution >= 0.6 is 27.5 Å². The molecule has 1 atom stereocenters. The van der Waals surface area contributed by atoms with Crippen molar-refractivity contribution in [2.75, 3.05) is 13.6 Å². The Morgan fingerprint density at radius 2 is 2.28 bits per heavy atom. The van der Waals surface area contributed by atoms with Crippen LogP contribution in [0, 0.1) is 5.92 Å². The van der Waals surface area contributed by atoms with Crippen molar-refractivity contribution in [1.82, 2.24) is 4.90 Å². The van der Waals surface area contributed by atoms with E-state index in [0.717, 1.165) is 12.8 Å². The first-order chi connectivity index (χ1) is 8.49. The molecule has 1 N–H and O–H groups in total. The number of hydrogen-bond acceptors (Lipinski definition) is 2. The Balaban J connectivity index is 2.07. The van der Waals surface area contributed by atoms with E-state index in [0.29, 0.717) is 27.5 Å². The van der Waals surface area contributed by atoms with Gasteiger partial charge in [-0.15, -0.1) is 0 Å². The van der Waals surface area contributed by atoms with Crippen LogP contribution in [0.2, 0.25) is 5.02 Å². The molecule has 2 rings (SSSR count). The van der Waals surface area contributed by atoms with Crippen LogP contribution in [0.15, 0.2) is 22.7 Å². The molecule has 0 aromatic heterocycles. The number of hydrogen-bond donors (Lipinski definition) is 1. The highest BCUT2D eigenvalue weighted by molar-refractivity contribution is 9.10. The van der Waals surface area contributed by atoms with Gasteiger partial charge in [-0.25, -0.2) is 0 Å². The van der Waals surface area contributed by atoms with Crippen molar-refractivity contribution >= 4 is 33.4 Å². The van der Waals surface area contributed by atoms with E-state index in [1.807, 2.05) is 0 Å². The van der Waals surface area contributed by atoms with Crippen molar-refractivity contribution in [3.05, 3.63) is 33.3 Å². The van der Waals surface area contributed by atoms with Gasteiger partial charge in [0.05, 0.1) is 11.7 Å². The first-order valence-electron chi connectivity index (χ1n) is 5.87. The van der Waals surface area contributed by atoms with Gasteiger partial charge in [-0.2, -0.15) is 0 Å². The van der Waals surface area contributed by atoms with Gasteiger partial charge in [0.2, 0.25) is 0 Å². The summed E-state index contributed by atoms with van der Waals surface area (Å²) in [4.78, 5) is 13.8. The number of benzene rings is 1. The third-order valence-corrected chi connectivity index (χ3v) is 4.06. The maximum Gasteiger partial charge on any atom is 0.254 e. The van der Waals surface area contributed by atoms with Gasteiger partial charge in [0.15, 0.2) is 0 Å². The highest BCUT2D eigenvalue weighted by Crippen LogP contribution is 2.33. The first-order valence-corrected chi connectivity index (χ1v) is 7.04. The summed E-state index contributed by atoms with van der Waals surface area (Å²) < 4.78 is 0.713. The van der Waals surface area contributed by atoms with Crippen LogP contribution in [0.3, 0.4) is 0 Å². The fourth-order valence-corrected chi connectivity index (χ4v) is 2.45. The number of amides is 1. The zero-order valence-corrected chi connectivity index (χ0v) is 12.4. The van der Waals surface area contributed by atoms with Crippen molar-refractivity contribution < 1.29 is 9.90 Å². The minimum absolute atomic E-state index is 0.135. The molecular formula is C13H15BrClNO2. The molecular weight excluding hydrogens is 318 g/mol. The molecule has 0 bridgehead atoms. The maximum absolute atomic E-state index is 12.2. The van der Waals surface area contributed by atoms with Crippen molar-refractivity contribution in [1.29, 1.82) is 0 Å². The van der Waals surface area contributed by atoms with Gasteiger partial charge in [0, 0.05) is 23.1 Å². The van der Waals surface area contributed by atoms with Gasteiger partial charge in [-0.05, 0) is 52.9 Å². The second-order valence-corrected chi connectivity index (χ2v) is 6.01. The second-order valence-electron chi connectivity index (χ2n) is 4.71. The van der Waals surface area contributed by atoms with E-state index in [1.165, 1.54) is 0 Å². The molecule has 1 fully saturated rings. The Kier molecular flexibility index (Phi) is 4.30. The molecule has 1 amide bonds. The van der Waals surface area contributed by atoms with Crippen LogP contribution in [0.4, 0.5) is 0 Å². The summed E-state index contributed by atoms with van der Waals surface area (Å²) in [6.45, 7) is 0.364. The fourth-order valence-electron chi connectivity index (χ4n) is 1.86. The van der Waals surface area contributed by atoms with E-state index in [9.17, 15) is 9.90 Å². The highest BCUT2D eigenvalue weighted by Gasteiger charge is 2.31. The van der Waals surface area contributed by atoms with Crippen molar-refractivity contribution in [2.24, 2.45) is 5.92 Å². The molecule has 1 aromatic carbocycles. The number of carbonyl (C=O) groups is 1. The predicted molar refractivity (Wildman–Crippen MR) is 74.8 cm³/mol. The Morgan fingerprint density at radius 1 is 1.61 bits per heavy atom. The predicted octanol–water partition coefficient (Wildman–Crippen LogP) is 2.95. The van der Waals surface area contributed by atoms with Crippen LogP contribution < -0.4 is 0 Å². The summed E-state index contributed by atoms with van der Waals surface area (Å²) in [5.41, 5.74) is 0.521. The molecule has 18 heavy (non-hydrogen) atoms. The Labute approximate surface area is 120 Å². The summed E-state index contributed by atoms with van der Waals surface area (Å²) in [7, 11) is 1.70. The van der Waals surface area contributed by atoms with E-state index in [1.54, 1.807) is 30.1 Å². The molecule has 1 aromatic rings. The molecule has 0 spiro atoms. The van der Waals surface area contributed by atoms with Gasteiger partial charge < -0.3 is 10.0 Å². The number of aliphatic hydroxyl groups is 1. The molecule has 1 aliphatic rings. The molecule has 0 radical (unpaired) electrons. The van der Waals surface area contributed by atoms with Crippen LogP contribution in [0.25, 0.3) is 0 Å². The van der Waals surface area contributed by atoms with Crippen molar-refractivity contribution in [3.63, 3.8) is 0 Å². The Bertz CT molecular complexity index is 462. The number of rotatable bonds is 4. The largest absolute Gasteiger partial charge is 0.391 e. The topological polar surface area (TPSA) is 40.5 Å². The number of aliphatic hydroxyl groups excluding tert-OH is 1. The van der Waals surface area contributed by atoms with E-state index in [2.05, 4.69) is 15.9 Å². The highest BCUT2D eigenvalue weighted by atomic mass is 79.9. The monoisotopic (exact) mass is 331 g/mol. The van der Waals surface area contributed by atoms with Gasteiger partial charge in [-0.3, -0.25) is 4.79 Å². The number of carbonyl (C=O) groups excluding carboxylic acids is 1. The average Bonchev–Trinajstić information content (AvgIpc) is 3.15. The smallest absolute Gasteiger partial charge is 0.254 e. The minimum atomic E-state index is -0.420. The average molecular weight is 333 g/mol. The molecule has 1 unspecified atom stereocenters. The van der Waals surface area contributed by atoms with E-state index < -0.39 is 6.10 Å². The van der Waals surface area contributed by atoms with Crippen molar-refractivity contribution in [3.8, 4) is 0 Å². The zero-order chi connectivity index (χ0) is 13.3. The quantitative estimate of drug-likeness (QED) is 0.921. The first kappa shape index (κ1) is 13.8. The molecule has 98 valence electrons. The third kappa shape index (κ3) is 3.25. The number of likely N-dealkylation sites (N-methyl/N-ethyl adjacent to an activating group) is 1. The van der Waals surface area contributed by atoms with Gasteiger partial charge in [-0.1, -0.05) is 11.6 Å². The van der Waals surface area contributed by atoms with E-state index in [4.69, 9.17) is 11.6 Å². The van der Waals surface area contributed by atoms with Gasteiger partial charge in [0.25, 0.3) is 5.91 Å². The summed E-state index contributed by atoms with van der Waals surface area (Å²) in [5.74, 6) is 0.229. The SMILES string of the molecule is CN(CC(O)C1CC1)C(=O)c1cc(Cl)ccc1Br. The summed E-state index contributed by atoms with van der Waals surface area (Å²) >= 11 is 9.23. The normalized spacial score (nSPS) is 16.4. The van der Waals surface area contributed by atoms with E-state index >= 15 is 0 Å². The molecule has 1 aliphatic carbocycles. The van der Waals surface area contributed by atoms with E-state index in [-0.39, 0.29) is 5.91 Å². The molecule has 0 heterocycles. The minimum Gasteiger partial charge on any atom is -0.391 e. The summed E-state index contributed by atoms with van der Waals surface area (Å²) in [5, 5.41) is 10.4. The van der Waals surface area contributed by atoms with Crippen LogP contribution in [-0.4, -0.2) is 35.6 Å². The van der Waals surface area contributed by atoms with Gasteiger partial charge >= 0.3 is 0 Å². The van der Waals surface area contributed by atoms with Crippen LogP contribution in [-0.2, 0) is 0 Å². The molecule has 5 heteroatoms. The second kappa shape index (κ2) is 5.59. The number of nitrogens with zero attached hydrogens (tertiary/aromatic N) is 1. The Morgan fingerprint density at radius 3 is 2.89 bits per heavy atom. The number of halogens is 2. The fraction of sp³-hybridized carbons (Fsp3) is 0.462. The standard InChI is InChI=1S/C13H15BrClNO2/c1-16(7-12(17)8-2-3-8)13(18)10-6-9(15)4-5-11(10)14/h4-6,8,12,17H,2-3,7H2,1H3. The molecule has 0 aliphatic heterocycles. The lowest BCUT2D eigenvalue weighted by Crippen LogP contribution is -2.35. The lowest BCUT2D eigenvalue weighted by atomic mass is 10.1. The molecule has 0 saturated heterocycles. The van der Waals surface area contributed by atoms with Crippen LogP contribution in [0.1, 0.15) is 23.2 Å². The molecule has 3 nitrogen and oxygen atoms in total. The van der Waals surface area contributed by atoms with Crippen molar-refractivity contribution in [2.45, 2.75) is 18.9 Å². The summed E-state index contributed by atoms with van der Waals surface area (Å²) in [6, 6.07) is 5.11.